The first-order valence-electron chi connectivity index (χ1n) is 23.9. The molecular weight excluding hydrogens is 839 g/mol. The van der Waals surface area contributed by atoms with Crippen molar-refractivity contribution in [3.05, 3.63) is 29.8 Å². The van der Waals surface area contributed by atoms with Crippen LogP contribution in [0.2, 0.25) is 0 Å². The van der Waals surface area contributed by atoms with Gasteiger partial charge in [-0.1, -0.05) is 31.3 Å². The number of esters is 1. The monoisotopic (exact) mass is 909 g/mol. The lowest BCUT2D eigenvalue weighted by atomic mass is 9.66. The predicted molar refractivity (Wildman–Crippen MR) is 241 cm³/mol. The number of methoxy groups -OCH3 is 4. The van der Waals surface area contributed by atoms with Crippen molar-refractivity contribution in [1.29, 1.82) is 0 Å². The van der Waals surface area contributed by atoms with E-state index in [1.807, 2.05) is 26.0 Å². The van der Waals surface area contributed by atoms with Crippen molar-refractivity contribution in [1.82, 2.24) is 9.88 Å². The van der Waals surface area contributed by atoms with Crippen LogP contribution < -0.4 is 9.64 Å². The van der Waals surface area contributed by atoms with Gasteiger partial charge in [-0.3, -0.25) is 9.59 Å². The Morgan fingerprint density at radius 2 is 1.64 bits per heavy atom. The summed E-state index contributed by atoms with van der Waals surface area (Å²) in [5.41, 5.74) is 1.66. The van der Waals surface area contributed by atoms with Gasteiger partial charge in [0.15, 0.2) is 23.5 Å². The number of ketones is 1. The third-order valence-corrected chi connectivity index (χ3v) is 17.3. The third-order valence-electron chi connectivity index (χ3n) is 16.2. The highest BCUT2D eigenvalue weighted by molar-refractivity contribution is 7.22. The second-order valence-corrected chi connectivity index (χ2v) is 20.8. The predicted octanol–water partition coefficient (Wildman–Crippen LogP) is 6.81. The number of aromatic nitrogens is 1. The summed E-state index contributed by atoms with van der Waals surface area (Å²) in [6.07, 6.45) is 5.61. The molecule has 15 heteroatoms. The Bertz CT molecular complexity index is 2010. The molecule has 6 fully saturated rings. The molecule has 1 aromatic carbocycles. The fourth-order valence-corrected chi connectivity index (χ4v) is 14.1. The van der Waals surface area contributed by atoms with Crippen LogP contribution in [0.15, 0.2) is 29.8 Å². The van der Waals surface area contributed by atoms with E-state index in [-0.39, 0.29) is 109 Å². The zero-order chi connectivity index (χ0) is 45.1. The fraction of sp³-hybridized carbons (Fsp3) is 0.776. The van der Waals surface area contributed by atoms with Gasteiger partial charge in [0.2, 0.25) is 0 Å². The standard InChI is InChI=1S/C49H71N3O11S/c1-11-27-13-12-14-37(63-40-18-16-36(51(5)6)25(3)59-40)24(2)44(54)34-22-31-30-19-29(62-48-47(58-10)46(57-9)45(56-8)26(4)60-48)20-33(30)42-43(41(31)32(34)23-39(53)61-27)52(42)49-50-35-21-28(55-7)15-17-38(35)64-49/h15,17,21-22,24-27,29-33,36-37,40-43,45-48H,11-14,16,18-20,23H2,1-10H3/t24-,25?,26?,27+,29+,30+,31+,32-,33-,36+,37+,40+,41-,42+,43-,45+,46?,47+,48+,52?/m1/s1. The van der Waals surface area contributed by atoms with Gasteiger partial charge in [-0.05, 0) is 121 Å². The lowest BCUT2D eigenvalue weighted by Crippen LogP contribution is -2.59. The summed E-state index contributed by atoms with van der Waals surface area (Å²) in [5, 5.41) is 0.959. The van der Waals surface area contributed by atoms with Crippen molar-refractivity contribution in [2.24, 2.45) is 35.5 Å². The van der Waals surface area contributed by atoms with Gasteiger partial charge in [0.05, 0.1) is 60.2 Å². The minimum absolute atomic E-state index is 0.0103. The summed E-state index contributed by atoms with van der Waals surface area (Å²) in [6, 6.07) is 6.62. The summed E-state index contributed by atoms with van der Waals surface area (Å²) in [4.78, 5) is 39.4. The highest BCUT2D eigenvalue weighted by Crippen LogP contribution is 2.65. The minimum Gasteiger partial charge on any atom is -0.497 e. The molecule has 0 N–H and O–H groups in total. The Hall–Kier alpha value is -2.73. The highest BCUT2D eigenvalue weighted by atomic mass is 32.1. The zero-order valence-corrected chi connectivity index (χ0v) is 40.2. The first-order valence-corrected chi connectivity index (χ1v) is 24.7. The smallest absolute Gasteiger partial charge is 0.306 e. The van der Waals surface area contributed by atoms with Gasteiger partial charge in [0.1, 0.15) is 30.2 Å². The fourth-order valence-electron chi connectivity index (χ4n) is 13.0. The summed E-state index contributed by atoms with van der Waals surface area (Å²) in [5.74, 6) is 0.418. The van der Waals surface area contributed by atoms with Crippen molar-refractivity contribution in [3.8, 4) is 5.75 Å². The van der Waals surface area contributed by atoms with Crippen molar-refractivity contribution < 1.29 is 52.2 Å². The number of hydrogen-bond donors (Lipinski definition) is 0. The molecule has 0 radical (unpaired) electrons. The molecule has 0 bridgehead atoms. The Kier molecular flexibility index (Phi) is 13.8. The molecule has 7 aliphatic rings. The van der Waals surface area contributed by atoms with E-state index in [0.717, 1.165) is 71.6 Å². The molecule has 19 atom stereocenters. The molecule has 3 aliphatic carbocycles. The quantitative estimate of drug-likeness (QED) is 0.173. The number of likely N-dealkylation sites (N-methyl/N-ethyl adjacent to an activating group) is 1. The second kappa shape index (κ2) is 19.1. The lowest BCUT2D eigenvalue weighted by molar-refractivity contribution is -0.314. The second-order valence-electron chi connectivity index (χ2n) is 19.8. The number of Topliss-reactive ketones (excluding diaryl/α,β-unsaturated/α-hetero) is 1. The largest absolute Gasteiger partial charge is 0.497 e. The Morgan fingerprint density at radius 3 is 2.34 bits per heavy atom. The lowest BCUT2D eigenvalue weighted by Gasteiger charge is -2.44. The maximum atomic E-state index is 15.3. The first-order chi connectivity index (χ1) is 30.9. The van der Waals surface area contributed by atoms with Gasteiger partial charge in [-0.15, -0.1) is 0 Å². The van der Waals surface area contributed by atoms with Crippen LogP contribution in [0.25, 0.3) is 10.2 Å². The van der Waals surface area contributed by atoms with E-state index < -0.39 is 18.3 Å². The third kappa shape index (κ3) is 8.57. The minimum atomic E-state index is -0.648. The van der Waals surface area contributed by atoms with Crippen LogP contribution >= 0.6 is 11.3 Å². The van der Waals surface area contributed by atoms with E-state index in [2.05, 4.69) is 49.9 Å². The molecule has 5 heterocycles. The summed E-state index contributed by atoms with van der Waals surface area (Å²) in [6.45, 7) is 8.21. The number of carbonyl (C=O) groups excluding carboxylic acids is 2. The average molecular weight is 910 g/mol. The number of allylic oxidation sites excluding steroid dienone is 2. The SMILES string of the molecule is CC[C@H]1CCC[C@H](O[C@H]2CC[C@H](N(C)C)C(C)O2)[C@@H](C)C(=O)C2=C[C@H]3[C@@H]4C[C@H](O[C@@H]5OC(C)[C@H](OC)C(OC)[C@@H]5OC)C[C@H]4[C@H]4[C@@H]([C@H]3[C@@H]2CC(=O)O1)N4c1nc2cc(OC)ccc2s1. The zero-order valence-electron chi connectivity index (χ0n) is 39.4. The average Bonchev–Trinajstić information content (AvgIpc) is 3.52. The topological polar surface area (TPSA) is 136 Å². The maximum absolute atomic E-state index is 15.3. The van der Waals surface area contributed by atoms with Crippen LogP contribution in [0.5, 0.6) is 5.75 Å². The van der Waals surface area contributed by atoms with E-state index in [0.29, 0.717) is 12.5 Å². The molecule has 4 saturated heterocycles. The number of thiazole rings is 1. The summed E-state index contributed by atoms with van der Waals surface area (Å²) >= 11 is 1.69. The molecule has 0 spiro atoms. The van der Waals surface area contributed by atoms with Crippen LogP contribution in [0.1, 0.15) is 85.5 Å². The van der Waals surface area contributed by atoms with E-state index in [1.165, 1.54) is 0 Å². The number of ether oxygens (including phenoxy) is 9. The van der Waals surface area contributed by atoms with Crippen LogP contribution in [-0.4, -0.2) is 144 Å². The Balaban J connectivity index is 1.05. The molecule has 64 heavy (non-hydrogen) atoms. The molecular formula is C49H71N3O11S. The Morgan fingerprint density at radius 1 is 0.875 bits per heavy atom. The van der Waals surface area contributed by atoms with Gasteiger partial charge >= 0.3 is 5.97 Å². The van der Waals surface area contributed by atoms with Crippen LogP contribution in [-0.2, 0) is 47.5 Å². The van der Waals surface area contributed by atoms with E-state index in [9.17, 15) is 4.79 Å². The van der Waals surface area contributed by atoms with E-state index >= 15 is 4.79 Å². The van der Waals surface area contributed by atoms with E-state index in [1.54, 1.807) is 39.8 Å². The molecule has 4 aliphatic heterocycles. The molecule has 354 valence electrons. The molecule has 1 aromatic heterocycles. The van der Waals surface area contributed by atoms with Crippen molar-refractivity contribution >= 4 is 38.4 Å². The molecule has 3 unspecified atom stereocenters. The van der Waals surface area contributed by atoms with Crippen LogP contribution in [0.3, 0.4) is 0 Å². The van der Waals surface area contributed by atoms with Crippen molar-refractivity contribution in [3.63, 3.8) is 0 Å². The number of nitrogens with zero attached hydrogens (tertiary/aromatic N) is 3. The highest BCUT2D eigenvalue weighted by Gasteiger charge is 2.70. The van der Waals surface area contributed by atoms with Gasteiger partial charge < -0.3 is 52.4 Å². The normalized spacial score (nSPS) is 42.5. The maximum Gasteiger partial charge on any atom is 0.306 e. The number of cyclic esters (lactones) is 1. The number of rotatable bonds is 11. The van der Waals surface area contributed by atoms with Gasteiger partial charge in [0.25, 0.3) is 0 Å². The van der Waals surface area contributed by atoms with Gasteiger partial charge in [-0.2, -0.15) is 0 Å². The molecule has 2 saturated carbocycles. The van der Waals surface area contributed by atoms with Gasteiger partial charge in [0, 0.05) is 45.3 Å². The van der Waals surface area contributed by atoms with Crippen LogP contribution in [0.4, 0.5) is 5.13 Å². The Labute approximate surface area is 382 Å². The number of benzene rings is 1. The molecule has 9 rings (SSSR count). The van der Waals surface area contributed by atoms with Gasteiger partial charge in [-0.25, -0.2) is 4.98 Å². The number of fused-ring (bicyclic) bond motifs is 9. The number of carbonyl (C=O) groups is 2. The van der Waals surface area contributed by atoms with Crippen molar-refractivity contribution in [2.45, 2.75) is 165 Å². The van der Waals surface area contributed by atoms with E-state index in [4.69, 9.17) is 47.6 Å². The summed E-state index contributed by atoms with van der Waals surface area (Å²) < 4.78 is 57.5. The number of hydrogen-bond acceptors (Lipinski definition) is 15. The number of anilines is 1. The molecule has 2 aromatic rings. The molecule has 14 nitrogen and oxygen atoms in total. The van der Waals surface area contributed by atoms with Crippen LogP contribution in [0, 0.1) is 35.5 Å². The first kappa shape index (κ1) is 46.4. The van der Waals surface area contributed by atoms with Crippen molar-refractivity contribution in [2.75, 3.05) is 47.4 Å². The summed E-state index contributed by atoms with van der Waals surface area (Å²) in [7, 11) is 10.9. The molecule has 0 amide bonds.